The zero-order valence-electron chi connectivity index (χ0n) is 18.3. The summed E-state index contributed by atoms with van der Waals surface area (Å²) in [7, 11) is 1.51. The van der Waals surface area contributed by atoms with Crippen LogP contribution in [0.15, 0.2) is 78.5 Å². The molecule has 0 spiro atoms. The molecule has 0 aromatic heterocycles. The molecule has 0 unspecified atom stereocenters. The third-order valence-electron chi connectivity index (χ3n) is 5.10. The molecule has 2 amide bonds. The molecule has 0 bridgehead atoms. The summed E-state index contributed by atoms with van der Waals surface area (Å²) in [5, 5.41) is 3.09. The first-order valence-electron chi connectivity index (χ1n) is 10.5. The molecule has 0 saturated heterocycles. The molecule has 3 aromatic carbocycles. The molecule has 4 rings (SSSR count). The number of imide groups is 1. The predicted octanol–water partition coefficient (Wildman–Crippen LogP) is 5.02. The molecular weight excluding hydrogens is 423 g/mol. The quantitative estimate of drug-likeness (QED) is 0.492. The molecule has 168 valence electrons. The molecule has 0 aliphatic carbocycles. The number of hydrogen-bond acceptors (Lipinski definition) is 5. The summed E-state index contributed by atoms with van der Waals surface area (Å²) < 4.78 is 24.5. The van der Waals surface area contributed by atoms with E-state index in [1.807, 2.05) is 13.0 Å². The van der Waals surface area contributed by atoms with E-state index < -0.39 is 17.6 Å². The summed E-state index contributed by atoms with van der Waals surface area (Å²) in [5.74, 6) is -0.310. The fraction of sp³-hybridized carbons (Fsp3) is 0.154. The van der Waals surface area contributed by atoms with Crippen LogP contribution in [-0.2, 0) is 9.59 Å². The third-order valence-corrected chi connectivity index (χ3v) is 5.10. The van der Waals surface area contributed by atoms with Gasteiger partial charge in [0.25, 0.3) is 11.8 Å². The second-order valence-electron chi connectivity index (χ2n) is 7.41. The minimum Gasteiger partial charge on any atom is -0.497 e. The van der Waals surface area contributed by atoms with Crippen LogP contribution in [0.1, 0.15) is 18.9 Å². The smallest absolute Gasteiger partial charge is 0.282 e. The Morgan fingerprint density at radius 1 is 0.909 bits per heavy atom. The van der Waals surface area contributed by atoms with Crippen molar-refractivity contribution in [3.8, 4) is 11.5 Å². The minimum absolute atomic E-state index is 0.0991. The number of nitrogens with zero attached hydrogens (tertiary/aromatic N) is 1. The maximum absolute atomic E-state index is 13.5. The van der Waals surface area contributed by atoms with Gasteiger partial charge in [-0.25, -0.2) is 9.29 Å². The molecule has 1 N–H and O–H groups in total. The summed E-state index contributed by atoms with van der Waals surface area (Å²) in [6.07, 6.45) is 0.861. The predicted molar refractivity (Wildman–Crippen MR) is 125 cm³/mol. The van der Waals surface area contributed by atoms with Gasteiger partial charge in [0.15, 0.2) is 0 Å². The number of methoxy groups -OCH3 is 1. The number of halogens is 1. The number of carbonyl (C=O) groups excluding carboxylic acids is 2. The lowest BCUT2D eigenvalue weighted by Gasteiger charge is -2.16. The first-order valence-corrected chi connectivity index (χ1v) is 10.5. The standard InChI is InChI=1S/C26H23FN2O4/c1-3-14-33-22-9-4-6-19(15-22)28-24-23(17-10-12-18(27)13-11-17)25(30)29(26(24)31)20-7-5-8-21(16-20)32-2/h4-13,15-16,28H,3,14H2,1-2H3. The van der Waals surface area contributed by atoms with Gasteiger partial charge in [0.05, 0.1) is 25.0 Å². The maximum Gasteiger partial charge on any atom is 0.282 e. The summed E-state index contributed by atoms with van der Waals surface area (Å²) in [6, 6.07) is 19.3. The van der Waals surface area contributed by atoms with Crippen LogP contribution >= 0.6 is 0 Å². The Hall–Kier alpha value is -4.13. The summed E-state index contributed by atoms with van der Waals surface area (Å²) in [4.78, 5) is 28.0. The monoisotopic (exact) mass is 446 g/mol. The van der Waals surface area contributed by atoms with Gasteiger partial charge in [-0.15, -0.1) is 0 Å². The lowest BCUT2D eigenvalue weighted by molar-refractivity contribution is -0.120. The largest absolute Gasteiger partial charge is 0.497 e. The Bertz CT molecular complexity index is 1220. The first-order chi connectivity index (χ1) is 16.0. The van der Waals surface area contributed by atoms with Gasteiger partial charge in [0, 0.05) is 17.8 Å². The normalized spacial score (nSPS) is 13.5. The van der Waals surface area contributed by atoms with Crippen LogP contribution in [-0.4, -0.2) is 25.5 Å². The highest BCUT2D eigenvalue weighted by Crippen LogP contribution is 2.35. The van der Waals surface area contributed by atoms with Crippen LogP contribution in [0.2, 0.25) is 0 Å². The van der Waals surface area contributed by atoms with E-state index in [1.165, 1.54) is 31.4 Å². The van der Waals surface area contributed by atoms with Gasteiger partial charge >= 0.3 is 0 Å². The van der Waals surface area contributed by atoms with E-state index >= 15 is 0 Å². The molecule has 0 fully saturated rings. The van der Waals surface area contributed by atoms with E-state index in [1.54, 1.807) is 42.5 Å². The average molecular weight is 446 g/mol. The molecule has 3 aromatic rings. The van der Waals surface area contributed by atoms with Crippen LogP contribution in [0.25, 0.3) is 5.57 Å². The Morgan fingerprint density at radius 2 is 1.64 bits per heavy atom. The molecule has 0 radical (unpaired) electrons. The summed E-state index contributed by atoms with van der Waals surface area (Å²) in [5.41, 5.74) is 1.65. The number of ether oxygens (including phenoxy) is 2. The van der Waals surface area contributed by atoms with Crippen molar-refractivity contribution >= 4 is 28.8 Å². The van der Waals surface area contributed by atoms with Crippen molar-refractivity contribution in [2.24, 2.45) is 0 Å². The first kappa shape index (κ1) is 22.1. The van der Waals surface area contributed by atoms with Gasteiger partial charge in [0.2, 0.25) is 0 Å². The topological polar surface area (TPSA) is 67.9 Å². The molecule has 1 heterocycles. The van der Waals surface area contributed by atoms with E-state index in [0.29, 0.717) is 35.0 Å². The molecule has 0 saturated carbocycles. The number of benzene rings is 3. The van der Waals surface area contributed by atoms with Gasteiger partial charge in [-0.3, -0.25) is 9.59 Å². The highest BCUT2D eigenvalue weighted by atomic mass is 19.1. The van der Waals surface area contributed by atoms with Crippen molar-refractivity contribution < 1.29 is 23.5 Å². The second-order valence-corrected chi connectivity index (χ2v) is 7.41. The van der Waals surface area contributed by atoms with Crippen molar-refractivity contribution in [3.63, 3.8) is 0 Å². The van der Waals surface area contributed by atoms with Crippen LogP contribution in [0, 0.1) is 5.82 Å². The van der Waals surface area contributed by atoms with Crippen molar-refractivity contribution in [1.29, 1.82) is 0 Å². The van der Waals surface area contributed by atoms with E-state index in [2.05, 4.69) is 5.32 Å². The van der Waals surface area contributed by atoms with Crippen molar-refractivity contribution in [1.82, 2.24) is 0 Å². The fourth-order valence-corrected chi connectivity index (χ4v) is 3.54. The highest BCUT2D eigenvalue weighted by molar-refractivity contribution is 6.46. The zero-order chi connectivity index (χ0) is 23.4. The SMILES string of the molecule is CCCOc1cccc(NC2=C(c3ccc(F)cc3)C(=O)N(c3cccc(OC)c3)C2=O)c1. The summed E-state index contributed by atoms with van der Waals surface area (Å²) in [6.45, 7) is 2.58. The Morgan fingerprint density at radius 3 is 2.36 bits per heavy atom. The lowest BCUT2D eigenvalue weighted by atomic mass is 10.0. The molecule has 33 heavy (non-hydrogen) atoms. The molecule has 6 nitrogen and oxygen atoms in total. The fourth-order valence-electron chi connectivity index (χ4n) is 3.54. The van der Waals surface area contributed by atoms with Gasteiger partial charge in [-0.05, 0) is 48.4 Å². The zero-order valence-corrected chi connectivity index (χ0v) is 18.3. The number of hydrogen-bond donors (Lipinski definition) is 1. The number of anilines is 2. The number of amides is 2. The second kappa shape index (κ2) is 9.56. The Labute approximate surface area is 191 Å². The molecule has 7 heteroatoms. The van der Waals surface area contributed by atoms with Crippen molar-refractivity contribution in [2.45, 2.75) is 13.3 Å². The number of rotatable bonds is 8. The molecule has 1 aliphatic rings. The van der Waals surface area contributed by atoms with Crippen LogP contribution in [0.3, 0.4) is 0 Å². The van der Waals surface area contributed by atoms with E-state index in [9.17, 15) is 14.0 Å². The highest BCUT2D eigenvalue weighted by Gasteiger charge is 2.40. The average Bonchev–Trinajstić information content (AvgIpc) is 3.07. The number of nitrogens with one attached hydrogen (secondary N) is 1. The molecular formula is C26H23FN2O4. The van der Waals surface area contributed by atoms with E-state index in [0.717, 1.165) is 11.3 Å². The molecule has 0 atom stereocenters. The molecule has 1 aliphatic heterocycles. The van der Waals surface area contributed by atoms with Crippen LogP contribution in [0.5, 0.6) is 11.5 Å². The Kier molecular flexibility index (Phi) is 6.40. The third kappa shape index (κ3) is 4.57. The maximum atomic E-state index is 13.5. The van der Waals surface area contributed by atoms with Gasteiger partial charge in [-0.2, -0.15) is 0 Å². The Balaban J connectivity index is 1.76. The van der Waals surface area contributed by atoms with Crippen LogP contribution in [0.4, 0.5) is 15.8 Å². The van der Waals surface area contributed by atoms with Gasteiger partial charge < -0.3 is 14.8 Å². The van der Waals surface area contributed by atoms with E-state index in [-0.39, 0.29) is 11.3 Å². The van der Waals surface area contributed by atoms with E-state index in [4.69, 9.17) is 9.47 Å². The van der Waals surface area contributed by atoms with Gasteiger partial charge in [-0.1, -0.05) is 31.2 Å². The van der Waals surface area contributed by atoms with Crippen molar-refractivity contribution in [3.05, 3.63) is 89.9 Å². The number of carbonyl (C=O) groups is 2. The van der Waals surface area contributed by atoms with Crippen LogP contribution < -0.4 is 19.7 Å². The van der Waals surface area contributed by atoms with Crippen molar-refractivity contribution in [2.75, 3.05) is 23.9 Å². The lowest BCUT2D eigenvalue weighted by Crippen LogP contribution is -2.32. The van der Waals surface area contributed by atoms with Gasteiger partial charge in [0.1, 0.15) is 23.0 Å². The minimum atomic E-state index is -0.521. The summed E-state index contributed by atoms with van der Waals surface area (Å²) >= 11 is 0.